The van der Waals surface area contributed by atoms with E-state index in [0.29, 0.717) is 0 Å². The number of aryl methyl sites for hydroxylation is 2. The summed E-state index contributed by atoms with van der Waals surface area (Å²) in [6, 6.07) is 4.39. The molecular weight excluding hydrogens is 184 g/mol. The van der Waals surface area contributed by atoms with Crippen LogP contribution in [0.2, 0.25) is 0 Å². The van der Waals surface area contributed by atoms with Crippen LogP contribution in [0.15, 0.2) is 37.4 Å². The van der Waals surface area contributed by atoms with E-state index in [2.05, 4.69) is 39.1 Å². The van der Waals surface area contributed by atoms with Crippen molar-refractivity contribution in [2.45, 2.75) is 26.1 Å². The van der Waals surface area contributed by atoms with Gasteiger partial charge >= 0.3 is 0 Å². The highest BCUT2D eigenvalue weighted by Gasteiger charge is 2.28. The van der Waals surface area contributed by atoms with Crippen molar-refractivity contribution in [2.75, 3.05) is 0 Å². The Bertz CT molecular complexity index is 379. The van der Waals surface area contributed by atoms with E-state index in [4.69, 9.17) is 4.74 Å². The zero-order valence-electron chi connectivity index (χ0n) is 9.29. The summed E-state index contributed by atoms with van der Waals surface area (Å²) in [7, 11) is 0. The van der Waals surface area contributed by atoms with Crippen molar-refractivity contribution in [3.05, 3.63) is 59.7 Å². The minimum atomic E-state index is 0.0160. The van der Waals surface area contributed by atoms with Gasteiger partial charge in [-0.2, -0.15) is 0 Å². The lowest BCUT2D eigenvalue weighted by Crippen LogP contribution is -1.92. The van der Waals surface area contributed by atoms with E-state index in [1.54, 1.807) is 0 Å². The molecule has 78 valence electrons. The van der Waals surface area contributed by atoms with Crippen LogP contribution in [-0.4, -0.2) is 0 Å². The molecule has 1 nitrogen and oxygen atoms in total. The topological polar surface area (TPSA) is 9.23 Å². The van der Waals surface area contributed by atoms with Crippen molar-refractivity contribution in [3.8, 4) is 0 Å². The van der Waals surface area contributed by atoms with Gasteiger partial charge < -0.3 is 4.74 Å². The fraction of sp³-hybridized carbons (Fsp3) is 0.286. The van der Waals surface area contributed by atoms with Gasteiger partial charge in [-0.15, -0.1) is 13.2 Å². The molecule has 1 heterocycles. The zero-order chi connectivity index (χ0) is 11.0. The van der Waals surface area contributed by atoms with E-state index in [1.165, 1.54) is 22.3 Å². The lowest BCUT2D eigenvalue weighted by atomic mass is 9.96. The summed E-state index contributed by atoms with van der Waals surface area (Å²) >= 11 is 0. The zero-order valence-corrected chi connectivity index (χ0v) is 9.29. The van der Waals surface area contributed by atoms with Crippen molar-refractivity contribution < 1.29 is 4.74 Å². The van der Waals surface area contributed by atoms with Gasteiger partial charge in [0.05, 0.1) is 0 Å². The van der Waals surface area contributed by atoms with Gasteiger partial charge in [0.1, 0.15) is 12.2 Å². The highest BCUT2D eigenvalue weighted by molar-refractivity contribution is 5.44. The van der Waals surface area contributed by atoms with Crippen molar-refractivity contribution in [2.24, 2.45) is 0 Å². The molecule has 0 N–H and O–H groups in total. The van der Waals surface area contributed by atoms with E-state index in [0.717, 1.165) is 0 Å². The molecule has 0 amide bonds. The third kappa shape index (κ3) is 1.53. The number of rotatable bonds is 2. The molecule has 0 saturated heterocycles. The molecule has 2 unspecified atom stereocenters. The van der Waals surface area contributed by atoms with Gasteiger partial charge in [-0.3, -0.25) is 0 Å². The molecule has 2 rings (SSSR count). The summed E-state index contributed by atoms with van der Waals surface area (Å²) in [6.07, 6.45) is 3.72. The molecule has 2 atom stereocenters. The lowest BCUT2D eigenvalue weighted by Gasteiger charge is -2.07. The van der Waals surface area contributed by atoms with Crippen molar-refractivity contribution in [1.29, 1.82) is 0 Å². The van der Waals surface area contributed by atoms with Crippen LogP contribution in [0, 0.1) is 13.8 Å². The summed E-state index contributed by atoms with van der Waals surface area (Å²) in [5.74, 6) is 0. The molecule has 0 aromatic heterocycles. The number of hydrogen-bond acceptors (Lipinski definition) is 1. The number of hydrogen-bond donors (Lipinski definition) is 0. The quantitative estimate of drug-likeness (QED) is 0.660. The summed E-state index contributed by atoms with van der Waals surface area (Å²) in [5, 5.41) is 0. The standard InChI is InChI=1S/C14H16O/c1-5-13-11-7-9(3)10(4)8-12(11)14(6-2)15-13/h5-8,13-14H,1-2H2,3-4H3. The van der Waals surface area contributed by atoms with E-state index < -0.39 is 0 Å². The fourth-order valence-corrected chi connectivity index (χ4v) is 2.02. The largest absolute Gasteiger partial charge is 0.357 e. The van der Waals surface area contributed by atoms with Gasteiger partial charge in [0.15, 0.2) is 0 Å². The molecule has 0 bridgehead atoms. The van der Waals surface area contributed by atoms with Gasteiger partial charge in [-0.1, -0.05) is 24.3 Å². The SMILES string of the molecule is C=CC1OC(C=C)c2cc(C)c(C)cc21. The molecule has 0 fully saturated rings. The average Bonchev–Trinajstić information content (AvgIpc) is 2.56. The molecule has 0 radical (unpaired) electrons. The van der Waals surface area contributed by atoms with Crippen LogP contribution in [0.3, 0.4) is 0 Å². The second kappa shape index (κ2) is 3.67. The van der Waals surface area contributed by atoms with Crippen LogP contribution in [0.1, 0.15) is 34.5 Å². The second-order valence-corrected chi connectivity index (χ2v) is 4.01. The van der Waals surface area contributed by atoms with Gasteiger partial charge in [0.2, 0.25) is 0 Å². The Balaban J connectivity index is 2.58. The average molecular weight is 200 g/mol. The second-order valence-electron chi connectivity index (χ2n) is 4.01. The van der Waals surface area contributed by atoms with Crippen LogP contribution < -0.4 is 0 Å². The maximum Gasteiger partial charge on any atom is 0.102 e. The highest BCUT2D eigenvalue weighted by atomic mass is 16.5. The Morgan fingerprint density at radius 2 is 1.40 bits per heavy atom. The molecule has 1 heteroatoms. The molecular formula is C14H16O. The van der Waals surface area contributed by atoms with E-state index in [-0.39, 0.29) is 12.2 Å². The van der Waals surface area contributed by atoms with Gasteiger partial charge in [0.25, 0.3) is 0 Å². The summed E-state index contributed by atoms with van der Waals surface area (Å²) < 4.78 is 5.80. The first-order valence-electron chi connectivity index (χ1n) is 5.19. The minimum absolute atomic E-state index is 0.0160. The molecule has 0 spiro atoms. The third-order valence-corrected chi connectivity index (χ3v) is 3.03. The van der Waals surface area contributed by atoms with Crippen molar-refractivity contribution in [3.63, 3.8) is 0 Å². The Morgan fingerprint density at radius 1 is 1.00 bits per heavy atom. The Morgan fingerprint density at radius 3 is 1.73 bits per heavy atom. The number of benzene rings is 1. The minimum Gasteiger partial charge on any atom is -0.357 e. The molecule has 15 heavy (non-hydrogen) atoms. The maximum absolute atomic E-state index is 5.80. The van der Waals surface area contributed by atoms with Crippen LogP contribution >= 0.6 is 0 Å². The Labute approximate surface area is 91.1 Å². The van der Waals surface area contributed by atoms with E-state index in [1.807, 2.05) is 12.2 Å². The molecule has 1 aliphatic heterocycles. The normalized spacial score (nSPS) is 23.6. The molecule has 1 aromatic carbocycles. The maximum atomic E-state index is 5.80. The Kier molecular flexibility index (Phi) is 2.49. The summed E-state index contributed by atoms with van der Waals surface area (Å²) in [4.78, 5) is 0. The first-order chi connectivity index (χ1) is 7.17. The Hall–Kier alpha value is -1.34. The molecule has 0 saturated carbocycles. The first-order valence-corrected chi connectivity index (χ1v) is 5.19. The monoisotopic (exact) mass is 200 g/mol. The van der Waals surface area contributed by atoms with E-state index in [9.17, 15) is 0 Å². The van der Waals surface area contributed by atoms with Gasteiger partial charge in [-0.05, 0) is 36.1 Å². The predicted molar refractivity (Wildman–Crippen MR) is 62.9 cm³/mol. The van der Waals surface area contributed by atoms with Gasteiger partial charge in [0, 0.05) is 0 Å². The predicted octanol–water partition coefficient (Wildman–Crippen LogP) is 3.79. The third-order valence-electron chi connectivity index (χ3n) is 3.03. The first kappa shape index (κ1) is 10.2. The lowest BCUT2D eigenvalue weighted by molar-refractivity contribution is 0.0678. The molecule has 0 aliphatic carbocycles. The summed E-state index contributed by atoms with van der Waals surface area (Å²) in [6.45, 7) is 11.9. The van der Waals surface area contributed by atoms with Crippen LogP contribution in [0.4, 0.5) is 0 Å². The van der Waals surface area contributed by atoms with Gasteiger partial charge in [-0.25, -0.2) is 0 Å². The smallest absolute Gasteiger partial charge is 0.102 e. The molecule has 1 aliphatic rings. The van der Waals surface area contributed by atoms with Crippen LogP contribution in [0.5, 0.6) is 0 Å². The van der Waals surface area contributed by atoms with Crippen molar-refractivity contribution >= 4 is 0 Å². The van der Waals surface area contributed by atoms with Crippen LogP contribution in [0.25, 0.3) is 0 Å². The van der Waals surface area contributed by atoms with Crippen LogP contribution in [-0.2, 0) is 4.74 Å². The number of ether oxygens (including phenoxy) is 1. The van der Waals surface area contributed by atoms with E-state index >= 15 is 0 Å². The number of fused-ring (bicyclic) bond motifs is 1. The molecule has 1 aromatic rings. The van der Waals surface area contributed by atoms with Crippen molar-refractivity contribution in [1.82, 2.24) is 0 Å². The summed E-state index contributed by atoms with van der Waals surface area (Å²) in [5.41, 5.74) is 5.07. The fourth-order valence-electron chi connectivity index (χ4n) is 2.02. The highest BCUT2D eigenvalue weighted by Crippen LogP contribution is 2.41.